The van der Waals surface area contributed by atoms with Gasteiger partial charge in [-0.25, -0.2) is 4.98 Å². The summed E-state index contributed by atoms with van der Waals surface area (Å²) in [5, 5.41) is 2.90. The van der Waals surface area contributed by atoms with Crippen LogP contribution in [0.3, 0.4) is 0 Å². The highest BCUT2D eigenvalue weighted by Crippen LogP contribution is 2.29. The number of aromatic nitrogens is 2. The molecule has 1 amide bonds. The molecule has 1 aromatic heterocycles. The number of hydrogen-bond donors (Lipinski definition) is 1. The van der Waals surface area contributed by atoms with Gasteiger partial charge >= 0.3 is 0 Å². The van der Waals surface area contributed by atoms with E-state index in [9.17, 15) is 9.59 Å². The van der Waals surface area contributed by atoms with Crippen LogP contribution in [-0.2, 0) is 22.6 Å². The lowest BCUT2D eigenvalue weighted by molar-refractivity contribution is -0.128. The van der Waals surface area contributed by atoms with E-state index in [0.29, 0.717) is 24.5 Å². The Morgan fingerprint density at radius 3 is 2.68 bits per heavy atom. The monoisotopic (exact) mass is 376 g/mol. The van der Waals surface area contributed by atoms with E-state index >= 15 is 0 Å². The molecule has 1 aliphatic rings. The molecule has 3 aromatic rings. The Hall–Kier alpha value is -2.99. The van der Waals surface area contributed by atoms with Gasteiger partial charge in [0, 0.05) is 25.2 Å². The summed E-state index contributed by atoms with van der Waals surface area (Å²) >= 11 is 0. The van der Waals surface area contributed by atoms with Gasteiger partial charge < -0.3 is 14.8 Å². The normalized spacial score (nSPS) is 16.4. The molecule has 0 saturated carbocycles. The maximum Gasteiger partial charge on any atom is 0.242 e. The van der Waals surface area contributed by atoms with Crippen molar-refractivity contribution >= 4 is 28.4 Å². The van der Waals surface area contributed by atoms with E-state index in [1.807, 2.05) is 67.2 Å². The Bertz CT molecular complexity index is 1020. The van der Waals surface area contributed by atoms with E-state index in [1.54, 1.807) is 0 Å². The predicted octanol–water partition coefficient (Wildman–Crippen LogP) is 2.84. The van der Waals surface area contributed by atoms with Crippen LogP contribution in [0.2, 0.25) is 0 Å². The summed E-state index contributed by atoms with van der Waals surface area (Å²) in [5.41, 5.74) is 3.69. The molecule has 0 bridgehead atoms. The van der Waals surface area contributed by atoms with Crippen molar-refractivity contribution in [3.05, 3.63) is 59.9 Å². The van der Waals surface area contributed by atoms with E-state index in [2.05, 4.69) is 15.2 Å². The Kier molecular flexibility index (Phi) is 4.96. The summed E-state index contributed by atoms with van der Waals surface area (Å²) in [6.45, 7) is 1.54. The summed E-state index contributed by atoms with van der Waals surface area (Å²) in [7, 11) is 4.09. The summed E-state index contributed by atoms with van der Waals surface area (Å²) in [6.07, 6.45) is 1.29. The van der Waals surface area contributed by atoms with Crippen molar-refractivity contribution in [3.63, 3.8) is 0 Å². The third-order valence-electron chi connectivity index (χ3n) is 5.18. The number of anilines is 1. The van der Waals surface area contributed by atoms with Crippen LogP contribution in [0.25, 0.3) is 11.0 Å². The van der Waals surface area contributed by atoms with Gasteiger partial charge in [0.05, 0.1) is 11.0 Å². The van der Waals surface area contributed by atoms with E-state index in [1.165, 1.54) is 5.56 Å². The number of fused-ring (bicyclic) bond motifs is 3. The molecule has 1 unspecified atom stereocenters. The smallest absolute Gasteiger partial charge is 0.242 e. The lowest BCUT2D eigenvalue weighted by Gasteiger charge is -2.22. The minimum Gasteiger partial charge on any atom is -0.326 e. The lowest BCUT2D eigenvalue weighted by Crippen LogP contribution is -2.34. The lowest BCUT2D eigenvalue weighted by atomic mass is 9.96. The highest BCUT2D eigenvalue weighted by molar-refractivity contribution is 6.12. The number of Topliss-reactive ketones (excluding diaryl/α,β-unsaturated/α-hetero) is 1. The van der Waals surface area contributed by atoms with Gasteiger partial charge in [-0.05, 0) is 50.3 Å². The summed E-state index contributed by atoms with van der Waals surface area (Å²) in [6, 6.07) is 15.5. The van der Waals surface area contributed by atoms with Crippen LogP contribution in [0.15, 0.2) is 48.5 Å². The van der Waals surface area contributed by atoms with Gasteiger partial charge in [-0.2, -0.15) is 0 Å². The SMILES string of the molecule is CN(C)CCc1ccc(NC(=O)C2C(=O)CCn3c2nc2ccccc23)cc1. The van der Waals surface area contributed by atoms with Crippen molar-refractivity contribution in [2.45, 2.75) is 25.3 Å². The average molecular weight is 376 g/mol. The first-order valence-corrected chi connectivity index (χ1v) is 9.55. The molecule has 2 heterocycles. The first kappa shape index (κ1) is 18.4. The number of likely N-dealkylation sites (N-methyl/N-ethyl adjacent to an activating group) is 1. The molecule has 0 spiro atoms. The Morgan fingerprint density at radius 1 is 1.18 bits per heavy atom. The number of hydrogen-bond acceptors (Lipinski definition) is 4. The van der Waals surface area contributed by atoms with Gasteiger partial charge in [0.1, 0.15) is 5.82 Å². The third-order valence-corrected chi connectivity index (χ3v) is 5.18. The van der Waals surface area contributed by atoms with Crippen molar-refractivity contribution in [2.24, 2.45) is 0 Å². The third kappa shape index (κ3) is 3.55. The fourth-order valence-corrected chi connectivity index (χ4v) is 3.65. The van der Waals surface area contributed by atoms with Gasteiger partial charge in [-0.15, -0.1) is 0 Å². The van der Waals surface area contributed by atoms with Gasteiger partial charge in [0.15, 0.2) is 11.7 Å². The van der Waals surface area contributed by atoms with Crippen LogP contribution in [0.1, 0.15) is 23.7 Å². The van der Waals surface area contributed by atoms with Crippen molar-refractivity contribution < 1.29 is 9.59 Å². The first-order valence-electron chi connectivity index (χ1n) is 9.55. The maximum absolute atomic E-state index is 12.9. The molecule has 28 heavy (non-hydrogen) atoms. The van der Waals surface area contributed by atoms with Crippen LogP contribution < -0.4 is 5.32 Å². The quantitative estimate of drug-likeness (QED) is 0.696. The number of rotatable bonds is 5. The summed E-state index contributed by atoms with van der Waals surface area (Å²) < 4.78 is 1.99. The molecule has 6 nitrogen and oxygen atoms in total. The number of carbonyl (C=O) groups excluding carboxylic acids is 2. The minimum absolute atomic E-state index is 0.0806. The van der Waals surface area contributed by atoms with Crippen molar-refractivity contribution in [1.29, 1.82) is 0 Å². The van der Waals surface area contributed by atoms with Crippen LogP contribution >= 0.6 is 0 Å². The number of amides is 1. The molecule has 0 saturated heterocycles. The summed E-state index contributed by atoms with van der Waals surface area (Å²) in [5.74, 6) is -0.725. The van der Waals surface area contributed by atoms with Gasteiger partial charge in [-0.3, -0.25) is 9.59 Å². The molecule has 1 atom stereocenters. The number of imidazole rings is 1. The largest absolute Gasteiger partial charge is 0.326 e. The van der Waals surface area contributed by atoms with Gasteiger partial charge in [0.25, 0.3) is 0 Å². The highest BCUT2D eigenvalue weighted by Gasteiger charge is 2.36. The average Bonchev–Trinajstić information content (AvgIpc) is 3.05. The van der Waals surface area contributed by atoms with Crippen LogP contribution in [0.5, 0.6) is 0 Å². The molecular weight excluding hydrogens is 352 g/mol. The van der Waals surface area contributed by atoms with Gasteiger partial charge in [0.2, 0.25) is 5.91 Å². The number of carbonyl (C=O) groups is 2. The number of aryl methyl sites for hydroxylation is 1. The molecule has 0 radical (unpaired) electrons. The standard InChI is InChI=1S/C22H24N4O2/c1-25(2)13-11-15-7-9-16(10-8-15)23-22(28)20-19(27)12-14-26-18-6-4-3-5-17(18)24-21(20)26/h3-10,20H,11-14H2,1-2H3,(H,23,28). The van der Waals surface area contributed by atoms with Crippen LogP contribution in [0.4, 0.5) is 5.69 Å². The minimum atomic E-state index is -0.866. The van der Waals surface area contributed by atoms with Crippen LogP contribution in [0, 0.1) is 0 Å². The first-order chi connectivity index (χ1) is 13.5. The molecular formula is C22H24N4O2. The molecule has 4 rings (SSSR count). The molecule has 0 aliphatic carbocycles. The Labute approximate surface area is 164 Å². The summed E-state index contributed by atoms with van der Waals surface area (Å²) in [4.78, 5) is 32.2. The van der Waals surface area contributed by atoms with E-state index in [-0.39, 0.29) is 11.7 Å². The zero-order valence-electron chi connectivity index (χ0n) is 16.2. The molecule has 0 fully saturated rings. The Morgan fingerprint density at radius 2 is 1.93 bits per heavy atom. The van der Waals surface area contributed by atoms with Gasteiger partial charge in [-0.1, -0.05) is 24.3 Å². The fourth-order valence-electron chi connectivity index (χ4n) is 3.65. The molecule has 1 N–H and O–H groups in total. The highest BCUT2D eigenvalue weighted by atomic mass is 16.2. The maximum atomic E-state index is 12.9. The number of para-hydroxylation sites is 2. The van der Waals surface area contributed by atoms with Crippen LogP contribution in [-0.4, -0.2) is 46.8 Å². The number of ketones is 1. The zero-order valence-corrected chi connectivity index (χ0v) is 16.2. The van der Waals surface area contributed by atoms with E-state index < -0.39 is 5.92 Å². The molecule has 144 valence electrons. The zero-order chi connectivity index (χ0) is 19.7. The van der Waals surface area contributed by atoms with E-state index in [0.717, 1.165) is 24.0 Å². The fraction of sp³-hybridized carbons (Fsp3) is 0.318. The molecule has 1 aliphatic heterocycles. The van der Waals surface area contributed by atoms with Crippen molar-refractivity contribution in [3.8, 4) is 0 Å². The second kappa shape index (κ2) is 7.56. The number of nitrogens with zero attached hydrogens (tertiary/aromatic N) is 3. The predicted molar refractivity (Wildman–Crippen MR) is 109 cm³/mol. The second-order valence-electron chi connectivity index (χ2n) is 7.50. The number of nitrogens with one attached hydrogen (secondary N) is 1. The Balaban J connectivity index is 1.54. The number of benzene rings is 2. The van der Waals surface area contributed by atoms with E-state index in [4.69, 9.17) is 0 Å². The molecule has 6 heteroatoms. The topological polar surface area (TPSA) is 67.2 Å². The molecule has 2 aromatic carbocycles. The van der Waals surface area contributed by atoms with Crippen molar-refractivity contribution in [1.82, 2.24) is 14.5 Å². The van der Waals surface area contributed by atoms with Crippen molar-refractivity contribution in [2.75, 3.05) is 26.0 Å². The second-order valence-corrected chi connectivity index (χ2v) is 7.50.